The van der Waals surface area contributed by atoms with Crippen molar-refractivity contribution in [3.05, 3.63) is 282 Å². The zero-order valence-corrected chi connectivity index (χ0v) is 48.4. The van der Waals surface area contributed by atoms with Crippen molar-refractivity contribution in [3.63, 3.8) is 0 Å². The molecule has 0 aromatic heterocycles. The molecule has 8 aromatic carbocycles. The highest BCUT2D eigenvalue weighted by atomic mass is 14.2. The molecule has 0 radical (unpaired) electrons. The van der Waals surface area contributed by atoms with E-state index in [-0.39, 0.29) is 21.7 Å². The number of hydrogen-bond donors (Lipinski definition) is 0. The Morgan fingerprint density at radius 2 is 0.256 bits per heavy atom. The van der Waals surface area contributed by atoms with Crippen molar-refractivity contribution in [1.82, 2.24) is 0 Å². The van der Waals surface area contributed by atoms with E-state index in [1.54, 1.807) is 0 Å². The van der Waals surface area contributed by atoms with E-state index < -0.39 is 0 Å². The summed E-state index contributed by atoms with van der Waals surface area (Å²) in [5, 5.41) is 0. The molecular weight excluding hydrogens is 937 g/mol. The molecule has 0 unspecified atom stereocenters. The van der Waals surface area contributed by atoms with E-state index in [0.29, 0.717) is 0 Å². The smallest absolute Gasteiger partial charge is 0.0132 e. The van der Waals surface area contributed by atoms with E-state index in [0.717, 1.165) is 55.6 Å². The van der Waals surface area contributed by atoms with Gasteiger partial charge in [0.2, 0.25) is 0 Å². The molecule has 0 saturated carbocycles. The molecule has 0 amide bonds. The third-order valence-corrected chi connectivity index (χ3v) is 14.3. The Hall–Kier alpha value is -8.06. The van der Waals surface area contributed by atoms with Crippen molar-refractivity contribution in [1.29, 1.82) is 0 Å². The summed E-state index contributed by atoms with van der Waals surface area (Å²) >= 11 is 0. The molecule has 8 aromatic rings. The summed E-state index contributed by atoms with van der Waals surface area (Å²) < 4.78 is 0. The van der Waals surface area contributed by atoms with Crippen molar-refractivity contribution in [2.24, 2.45) is 0 Å². The fourth-order valence-corrected chi connectivity index (χ4v) is 9.14. The molecule has 0 N–H and O–H groups in total. The summed E-state index contributed by atoms with van der Waals surface area (Å²) in [5.74, 6) is 0. The van der Waals surface area contributed by atoms with Gasteiger partial charge in [-0.2, -0.15) is 0 Å². The van der Waals surface area contributed by atoms with Crippen LogP contribution in [-0.4, -0.2) is 0 Å². The number of rotatable bonds is 14. The summed E-state index contributed by atoms with van der Waals surface area (Å²) in [6.45, 7) is 27.1. The molecule has 0 saturated heterocycles. The van der Waals surface area contributed by atoms with Crippen molar-refractivity contribution in [2.45, 2.75) is 105 Å². The number of benzene rings is 8. The Labute approximate surface area is 469 Å². The Morgan fingerprint density at radius 1 is 0.154 bits per heavy atom. The first-order valence-electron chi connectivity index (χ1n) is 27.8. The van der Waals surface area contributed by atoms with Crippen LogP contribution in [0.25, 0.3) is 85.1 Å². The van der Waals surface area contributed by atoms with Crippen molar-refractivity contribution < 1.29 is 0 Å². The van der Waals surface area contributed by atoms with Crippen LogP contribution in [0.4, 0.5) is 0 Å². The molecule has 0 aliphatic rings. The van der Waals surface area contributed by atoms with Gasteiger partial charge >= 0.3 is 0 Å². The van der Waals surface area contributed by atoms with Crippen LogP contribution in [0.1, 0.15) is 183 Å². The lowest BCUT2D eigenvalue weighted by molar-refractivity contribution is 0.590. The Kier molecular flexibility index (Phi) is 17.6. The minimum absolute atomic E-state index is 0.127. The Balaban J connectivity index is 0.947. The van der Waals surface area contributed by atoms with Gasteiger partial charge in [0, 0.05) is 0 Å². The van der Waals surface area contributed by atoms with Gasteiger partial charge in [0.25, 0.3) is 0 Å². The highest BCUT2D eigenvalue weighted by molar-refractivity contribution is 5.81. The third-order valence-electron chi connectivity index (χ3n) is 14.3. The molecule has 0 aliphatic heterocycles. The van der Waals surface area contributed by atoms with E-state index in [1.165, 1.54) is 44.5 Å². The van der Waals surface area contributed by atoms with Gasteiger partial charge in [-0.15, -0.1) is 0 Å². The maximum Gasteiger partial charge on any atom is -0.0132 e. The molecule has 0 bridgehead atoms. The standard InChI is InChI=1S/C78H80/c1-75(2,3)71-43-35-61(36-44-71)25-31-67-51-65(52-68(55-67)32-26-62-37-45-72(46-38-62)76(4,5)6)29-23-59-19-15-57(16-20-59)13-14-58-17-21-60(22-18-58)24-30-66-53-69(33-27-63-39-47-73(48-40-63)77(7,8)9)56-70(54-66)34-28-64-41-49-74(50-42-64)78(10,11)12/h13-56H,1-12H3/b14-13+,29-23+,30-24+,31-25+,32-26+,33-27+,34-28+. The fourth-order valence-electron chi connectivity index (χ4n) is 9.14. The van der Waals surface area contributed by atoms with E-state index in [2.05, 4.69) is 350 Å². The normalized spacial score (nSPS) is 13.0. The minimum Gasteiger partial charge on any atom is -0.0579 e. The lowest BCUT2D eigenvalue weighted by atomic mass is 9.86. The largest absolute Gasteiger partial charge is 0.0579 e. The SMILES string of the molecule is CC(C)(C)c1ccc(/C=C/c2cc(/C=C/c3ccc(/C=C/c4ccc(/C=C/c5cc(/C=C/c6ccc(C(C)(C)C)cc6)cc(/C=C/c6ccc(C(C)(C)C)cc6)c5)cc4)cc3)cc(/C=C/c3ccc(C(C)(C)C)cc3)c2)cc1. The average Bonchev–Trinajstić information content (AvgIpc) is 3.42. The van der Waals surface area contributed by atoms with Gasteiger partial charge in [-0.1, -0.05) is 314 Å². The van der Waals surface area contributed by atoms with Crippen LogP contribution >= 0.6 is 0 Å². The van der Waals surface area contributed by atoms with Crippen LogP contribution in [0.3, 0.4) is 0 Å². The van der Waals surface area contributed by atoms with Gasteiger partial charge in [-0.25, -0.2) is 0 Å². The quantitative estimate of drug-likeness (QED) is 0.0953. The van der Waals surface area contributed by atoms with Crippen molar-refractivity contribution in [3.8, 4) is 0 Å². The van der Waals surface area contributed by atoms with Crippen LogP contribution < -0.4 is 0 Å². The first-order valence-corrected chi connectivity index (χ1v) is 27.8. The predicted molar refractivity (Wildman–Crippen MR) is 349 cm³/mol. The maximum atomic E-state index is 2.26. The summed E-state index contributed by atoms with van der Waals surface area (Å²) in [4.78, 5) is 0. The van der Waals surface area contributed by atoms with Crippen molar-refractivity contribution in [2.75, 3.05) is 0 Å². The molecule has 0 heteroatoms. The van der Waals surface area contributed by atoms with E-state index >= 15 is 0 Å². The van der Waals surface area contributed by atoms with Gasteiger partial charge in [0.05, 0.1) is 0 Å². The zero-order chi connectivity index (χ0) is 55.5. The summed E-state index contributed by atoms with van der Waals surface area (Å²) in [5.41, 5.74) is 22.2. The molecule has 0 heterocycles. The highest BCUT2D eigenvalue weighted by Crippen LogP contribution is 2.28. The molecule has 0 nitrogen and oxygen atoms in total. The van der Waals surface area contributed by atoms with Crippen LogP contribution in [-0.2, 0) is 21.7 Å². The molecular formula is C78H80. The third kappa shape index (κ3) is 16.7. The van der Waals surface area contributed by atoms with Crippen LogP contribution in [0.15, 0.2) is 182 Å². The van der Waals surface area contributed by atoms with Crippen molar-refractivity contribution >= 4 is 85.1 Å². The second kappa shape index (κ2) is 24.5. The lowest BCUT2D eigenvalue weighted by Crippen LogP contribution is -2.10. The first kappa shape index (κ1) is 56.2. The fraction of sp³-hybridized carbons (Fsp3) is 0.205. The predicted octanol–water partition coefficient (Wildman–Crippen LogP) is 22.1. The molecule has 0 aliphatic carbocycles. The summed E-state index contributed by atoms with van der Waals surface area (Å²) in [7, 11) is 0. The maximum absolute atomic E-state index is 2.26. The van der Waals surface area contributed by atoms with Crippen LogP contribution in [0.5, 0.6) is 0 Å². The second-order valence-electron chi connectivity index (χ2n) is 25.0. The molecule has 0 fully saturated rings. The lowest BCUT2D eigenvalue weighted by Gasteiger charge is -2.18. The van der Waals surface area contributed by atoms with E-state index in [1.807, 2.05) is 0 Å². The van der Waals surface area contributed by atoms with Gasteiger partial charge in [0.15, 0.2) is 0 Å². The second-order valence-corrected chi connectivity index (χ2v) is 25.0. The number of hydrogen-bond acceptors (Lipinski definition) is 0. The minimum atomic E-state index is 0.127. The van der Waals surface area contributed by atoms with E-state index in [9.17, 15) is 0 Å². The average molecular weight is 1020 g/mol. The van der Waals surface area contributed by atoms with E-state index in [4.69, 9.17) is 0 Å². The zero-order valence-electron chi connectivity index (χ0n) is 48.4. The molecule has 8 rings (SSSR count). The molecule has 392 valence electrons. The molecule has 0 spiro atoms. The van der Waals surface area contributed by atoms with Gasteiger partial charge in [-0.3, -0.25) is 0 Å². The molecule has 78 heavy (non-hydrogen) atoms. The van der Waals surface area contributed by atoms with Gasteiger partial charge in [-0.05, 0) is 158 Å². The monoisotopic (exact) mass is 1020 g/mol. The van der Waals surface area contributed by atoms with Gasteiger partial charge < -0.3 is 0 Å². The molecule has 0 atom stereocenters. The highest BCUT2D eigenvalue weighted by Gasteiger charge is 2.15. The summed E-state index contributed by atoms with van der Waals surface area (Å²) in [6, 6.07) is 66.8. The van der Waals surface area contributed by atoms with Crippen LogP contribution in [0, 0.1) is 0 Å². The first-order chi connectivity index (χ1) is 37.1. The summed E-state index contributed by atoms with van der Waals surface area (Å²) in [6.07, 6.45) is 31.0. The van der Waals surface area contributed by atoms with Crippen LogP contribution in [0.2, 0.25) is 0 Å². The topological polar surface area (TPSA) is 0 Å². The Bertz CT molecular complexity index is 3070. The van der Waals surface area contributed by atoms with Gasteiger partial charge in [0.1, 0.15) is 0 Å². The Morgan fingerprint density at radius 3 is 0.372 bits per heavy atom.